The minimum absolute atomic E-state index is 0.113. The van der Waals surface area contributed by atoms with Crippen molar-refractivity contribution in [3.63, 3.8) is 0 Å². The van der Waals surface area contributed by atoms with E-state index in [-0.39, 0.29) is 11.9 Å². The Morgan fingerprint density at radius 1 is 1.10 bits per heavy atom. The van der Waals surface area contributed by atoms with Gasteiger partial charge in [-0.05, 0) is 48.7 Å². The van der Waals surface area contributed by atoms with Crippen molar-refractivity contribution in [2.45, 2.75) is 38.1 Å². The van der Waals surface area contributed by atoms with Crippen LogP contribution in [0.5, 0.6) is 11.5 Å². The molecular weight excluding hydrogens is 410 g/mol. The summed E-state index contributed by atoms with van der Waals surface area (Å²) in [4.78, 5) is 24.2. The summed E-state index contributed by atoms with van der Waals surface area (Å²) in [5, 5.41) is 2.84. The number of benzene rings is 1. The fourth-order valence-electron chi connectivity index (χ4n) is 4.09. The summed E-state index contributed by atoms with van der Waals surface area (Å²) < 4.78 is 10.7. The van der Waals surface area contributed by atoms with Crippen molar-refractivity contribution in [3.8, 4) is 22.1 Å². The number of aromatic nitrogens is 2. The third kappa shape index (κ3) is 4.88. The highest BCUT2D eigenvalue weighted by Crippen LogP contribution is 2.34. The van der Waals surface area contributed by atoms with E-state index in [1.54, 1.807) is 26.6 Å². The maximum absolute atomic E-state index is 13.3. The molecule has 0 spiro atoms. The molecule has 6 nitrogen and oxygen atoms in total. The van der Waals surface area contributed by atoms with E-state index in [1.807, 2.05) is 40.6 Å². The van der Waals surface area contributed by atoms with Crippen molar-refractivity contribution in [1.82, 2.24) is 14.9 Å². The van der Waals surface area contributed by atoms with Crippen molar-refractivity contribution in [3.05, 3.63) is 59.4 Å². The number of rotatable bonds is 6. The van der Waals surface area contributed by atoms with Gasteiger partial charge in [0, 0.05) is 29.9 Å². The van der Waals surface area contributed by atoms with Gasteiger partial charge in [0.2, 0.25) is 5.91 Å². The van der Waals surface area contributed by atoms with Crippen LogP contribution in [-0.4, -0.2) is 41.5 Å². The Balaban J connectivity index is 1.51. The fraction of sp³-hybridized carbons (Fsp3) is 0.375. The van der Waals surface area contributed by atoms with Gasteiger partial charge in [-0.2, -0.15) is 0 Å². The lowest BCUT2D eigenvalue weighted by molar-refractivity contribution is -0.133. The molecule has 1 aliphatic rings. The van der Waals surface area contributed by atoms with E-state index in [2.05, 4.69) is 4.98 Å². The van der Waals surface area contributed by atoms with Gasteiger partial charge in [0.1, 0.15) is 5.01 Å². The molecule has 1 atom stereocenters. The summed E-state index contributed by atoms with van der Waals surface area (Å²) in [5.74, 6) is 1.48. The molecule has 1 amide bonds. The standard InChI is InChI=1S/C24H27N3O3S/c1-29-21-8-7-18(14-22(21)30-2)24-26-19(16-31-24)15-23(28)27-13-5-3-4-6-20(27)17-9-11-25-12-10-17/h7-12,14,16,20H,3-6,13,15H2,1-2H3. The lowest BCUT2D eigenvalue weighted by Gasteiger charge is -2.30. The topological polar surface area (TPSA) is 64.5 Å². The van der Waals surface area contributed by atoms with Crippen LogP contribution in [0.3, 0.4) is 0 Å². The maximum atomic E-state index is 13.3. The van der Waals surface area contributed by atoms with Gasteiger partial charge in [0.25, 0.3) is 0 Å². The van der Waals surface area contributed by atoms with Crippen LogP contribution in [0.4, 0.5) is 0 Å². The predicted molar refractivity (Wildman–Crippen MR) is 122 cm³/mol. The van der Waals surface area contributed by atoms with Crippen LogP contribution in [0, 0.1) is 0 Å². The van der Waals surface area contributed by atoms with Crippen LogP contribution >= 0.6 is 11.3 Å². The number of amides is 1. The zero-order valence-electron chi connectivity index (χ0n) is 17.9. The molecule has 1 unspecified atom stereocenters. The first-order valence-corrected chi connectivity index (χ1v) is 11.4. The lowest BCUT2D eigenvalue weighted by Crippen LogP contribution is -2.36. The monoisotopic (exact) mass is 437 g/mol. The molecule has 162 valence electrons. The first kappa shape index (κ1) is 21.3. The van der Waals surface area contributed by atoms with E-state index in [0.717, 1.165) is 54.1 Å². The Bertz CT molecular complexity index is 1020. The largest absolute Gasteiger partial charge is 0.493 e. The average Bonchev–Trinajstić information content (AvgIpc) is 3.13. The number of pyridine rings is 1. The molecule has 2 aromatic heterocycles. The molecular formula is C24H27N3O3S. The van der Waals surface area contributed by atoms with Crippen LogP contribution < -0.4 is 9.47 Å². The molecule has 31 heavy (non-hydrogen) atoms. The molecule has 4 rings (SSSR count). The SMILES string of the molecule is COc1ccc(-c2nc(CC(=O)N3CCCCCC3c3ccncc3)cs2)cc1OC. The molecule has 0 saturated carbocycles. The number of hydrogen-bond acceptors (Lipinski definition) is 6. The molecule has 3 heterocycles. The van der Waals surface area contributed by atoms with Crippen LogP contribution in [0.15, 0.2) is 48.1 Å². The molecule has 0 bridgehead atoms. The molecule has 7 heteroatoms. The van der Waals surface area contributed by atoms with Crippen LogP contribution in [0.2, 0.25) is 0 Å². The van der Waals surface area contributed by atoms with Gasteiger partial charge in [0.05, 0.1) is 32.4 Å². The second-order valence-corrected chi connectivity index (χ2v) is 8.48. The highest BCUT2D eigenvalue weighted by atomic mass is 32.1. The second-order valence-electron chi connectivity index (χ2n) is 7.62. The highest BCUT2D eigenvalue weighted by Gasteiger charge is 2.27. The molecule has 3 aromatic rings. The lowest BCUT2D eigenvalue weighted by atomic mass is 10.0. The number of ether oxygens (including phenoxy) is 2. The Labute approximate surface area is 186 Å². The van der Waals surface area contributed by atoms with Gasteiger partial charge < -0.3 is 14.4 Å². The number of nitrogens with zero attached hydrogens (tertiary/aromatic N) is 3. The second kappa shape index (κ2) is 9.92. The Kier molecular flexibility index (Phi) is 6.82. The normalized spacial score (nSPS) is 16.6. The maximum Gasteiger partial charge on any atom is 0.229 e. The van der Waals surface area contributed by atoms with Gasteiger partial charge in [-0.15, -0.1) is 11.3 Å². The number of carbonyl (C=O) groups is 1. The molecule has 0 N–H and O–H groups in total. The summed E-state index contributed by atoms with van der Waals surface area (Å²) in [5.41, 5.74) is 2.91. The molecule has 0 radical (unpaired) electrons. The van der Waals surface area contributed by atoms with Crippen LogP contribution in [0.25, 0.3) is 10.6 Å². The average molecular weight is 438 g/mol. The molecule has 0 aliphatic carbocycles. The van der Waals surface area contributed by atoms with Crippen LogP contribution in [-0.2, 0) is 11.2 Å². The fourth-order valence-corrected chi connectivity index (χ4v) is 4.90. The van der Waals surface area contributed by atoms with E-state index in [9.17, 15) is 4.79 Å². The summed E-state index contributed by atoms with van der Waals surface area (Å²) in [6.07, 6.45) is 8.25. The first-order valence-electron chi connectivity index (χ1n) is 10.6. The molecule has 1 fully saturated rings. The molecule has 1 aliphatic heterocycles. The number of likely N-dealkylation sites (tertiary alicyclic amines) is 1. The van der Waals surface area contributed by atoms with Crippen LogP contribution in [0.1, 0.15) is 43.0 Å². The minimum atomic E-state index is 0.113. The number of hydrogen-bond donors (Lipinski definition) is 0. The zero-order chi connectivity index (χ0) is 21.6. The predicted octanol–water partition coefficient (Wildman–Crippen LogP) is 4.91. The highest BCUT2D eigenvalue weighted by molar-refractivity contribution is 7.13. The molecule has 1 saturated heterocycles. The zero-order valence-corrected chi connectivity index (χ0v) is 18.7. The number of methoxy groups -OCH3 is 2. The van der Waals surface area contributed by atoms with Gasteiger partial charge in [0.15, 0.2) is 11.5 Å². The van der Waals surface area contributed by atoms with Gasteiger partial charge >= 0.3 is 0 Å². The number of carbonyl (C=O) groups excluding carboxylic acids is 1. The number of thiazole rings is 1. The Morgan fingerprint density at radius 2 is 1.90 bits per heavy atom. The third-order valence-corrected chi connectivity index (χ3v) is 6.62. The summed E-state index contributed by atoms with van der Waals surface area (Å²) >= 11 is 1.54. The smallest absolute Gasteiger partial charge is 0.229 e. The van der Waals surface area contributed by atoms with Crippen molar-refractivity contribution in [2.24, 2.45) is 0 Å². The van der Waals surface area contributed by atoms with Crippen molar-refractivity contribution < 1.29 is 14.3 Å². The van der Waals surface area contributed by atoms with Crippen molar-refractivity contribution in [1.29, 1.82) is 0 Å². The van der Waals surface area contributed by atoms with Gasteiger partial charge in [-0.3, -0.25) is 9.78 Å². The van der Waals surface area contributed by atoms with E-state index >= 15 is 0 Å². The summed E-state index contributed by atoms with van der Waals surface area (Å²) in [7, 11) is 3.24. The van der Waals surface area contributed by atoms with Gasteiger partial charge in [-0.25, -0.2) is 4.98 Å². The quantitative estimate of drug-likeness (QED) is 0.548. The Hall–Kier alpha value is -2.93. The van der Waals surface area contributed by atoms with Gasteiger partial charge in [-0.1, -0.05) is 12.8 Å². The minimum Gasteiger partial charge on any atom is -0.493 e. The first-order chi connectivity index (χ1) is 15.2. The molecule has 1 aromatic carbocycles. The van der Waals surface area contributed by atoms with E-state index in [0.29, 0.717) is 17.9 Å². The third-order valence-electron chi connectivity index (χ3n) is 5.68. The van der Waals surface area contributed by atoms with Crippen molar-refractivity contribution in [2.75, 3.05) is 20.8 Å². The van der Waals surface area contributed by atoms with E-state index < -0.39 is 0 Å². The van der Waals surface area contributed by atoms with Crippen molar-refractivity contribution >= 4 is 17.2 Å². The van der Waals surface area contributed by atoms with E-state index in [1.165, 1.54) is 11.3 Å². The van der Waals surface area contributed by atoms with E-state index in [4.69, 9.17) is 14.5 Å². The Morgan fingerprint density at radius 3 is 2.68 bits per heavy atom. The summed E-state index contributed by atoms with van der Waals surface area (Å²) in [6.45, 7) is 0.790. The summed E-state index contributed by atoms with van der Waals surface area (Å²) in [6, 6.07) is 9.90.